The first-order chi connectivity index (χ1) is 18.1. The van der Waals surface area contributed by atoms with Crippen LogP contribution in [-0.4, -0.2) is 60.2 Å². The van der Waals surface area contributed by atoms with Crippen LogP contribution in [0.1, 0.15) is 53.7 Å². The summed E-state index contributed by atoms with van der Waals surface area (Å²) >= 11 is 0. The molecule has 194 valence electrons. The topological polar surface area (TPSA) is 67.8 Å². The molecule has 0 saturated carbocycles. The number of fused-ring (bicyclic) bond motifs is 3. The zero-order valence-electron chi connectivity index (χ0n) is 20.9. The number of carbonyl (C=O) groups excluding carboxylic acids is 1. The Morgan fingerprint density at radius 3 is 2.43 bits per heavy atom. The number of nitrogens with zero attached hydrogens (tertiary/aromatic N) is 4. The first-order valence-electron chi connectivity index (χ1n) is 12.7. The molecule has 1 aromatic heterocycles. The number of halogens is 2. The van der Waals surface area contributed by atoms with Crippen LogP contribution in [0.3, 0.4) is 0 Å². The van der Waals surface area contributed by atoms with Crippen LogP contribution in [-0.2, 0) is 4.74 Å². The van der Waals surface area contributed by atoms with Crippen molar-refractivity contribution in [1.82, 2.24) is 14.9 Å². The van der Waals surface area contributed by atoms with E-state index in [0.717, 1.165) is 29.8 Å². The summed E-state index contributed by atoms with van der Waals surface area (Å²) in [7, 11) is 0. The van der Waals surface area contributed by atoms with E-state index in [4.69, 9.17) is 9.47 Å². The Kier molecular flexibility index (Phi) is 7.32. The minimum Gasteiger partial charge on any atom is -0.435 e. The number of benzene rings is 2. The van der Waals surface area contributed by atoms with Gasteiger partial charge in [0.15, 0.2) is 0 Å². The number of aromatic nitrogens is 2. The molecule has 7 nitrogen and oxygen atoms in total. The van der Waals surface area contributed by atoms with E-state index in [2.05, 4.69) is 14.9 Å². The van der Waals surface area contributed by atoms with E-state index in [-0.39, 0.29) is 23.6 Å². The number of alkyl halides is 2. The Morgan fingerprint density at radius 1 is 0.973 bits per heavy atom. The number of amides is 1. The molecular formula is C28H30F2N4O3. The van der Waals surface area contributed by atoms with Crippen LogP contribution in [0.15, 0.2) is 54.9 Å². The lowest BCUT2D eigenvalue weighted by Gasteiger charge is -2.26. The van der Waals surface area contributed by atoms with Crippen molar-refractivity contribution < 1.29 is 23.0 Å². The van der Waals surface area contributed by atoms with Crippen molar-refractivity contribution >= 4 is 11.9 Å². The van der Waals surface area contributed by atoms with Crippen molar-refractivity contribution in [2.24, 2.45) is 0 Å². The van der Waals surface area contributed by atoms with E-state index in [1.807, 2.05) is 49.1 Å². The fraction of sp³-hybridized carbons (Fsp3) is 0.393. The van der Waals surface area contributed by atoms with Gasteiger partial charge < -0.3 is 19.3 Å². The SMILES string of the molecule is CC.O=C1c2ccc(-c3cnc(N4CCOCC4)nc3)cc2C2C(c3ccccc3OC(F)F)CCN12. The summed E-state index contributed by atoms with van der Waals surface area (Å²) < 4.78 is 36.3. The molecule has 4 heterocycles. The van der Waals surface area contributed by atoms with Crippen LogP contribution in [0, 0.1) is 0 Å². The predicted molar refractivity (Wildman–Crippen MR) is 136 cm³/mol. The Bertz CT molecular complexity index is 1250. The van der Waals surface area contributed by atoms with E-state index in [0.29, 0.717) is 43.3 Å². The van der Waals surface area contributed by atoms with Gasteiger partial charge in [-0.25, -0.2) is 9.97 Å². The predicted octanol–water partition coefficient (Wildman–Crippen LogP) is 5.29. The van der Waals surface area contributed by atoms with Gasteiger partial charge in [-0.3, -0.25) is 4.79 Å². The third-order valence-corrected chi connectivity index (χ3v) is 7.06. The third-order valence-electron chi connectivity index (χ3n) is 7.06. The standard InChI is InChI=1S/C26H24F2N4O3.C2H6/c27-25(28)35-22-4-2-1-3-18(22)19-7-8-32-23(19)21-13-16(5-6-20(21)24(32)33)17-14-29-26(30-15-17)31-9-11-34-12-10-31;1-2/h1-6,13-15,19,23,25H,7-12H2;1-2H3. The van der Waals surface area contributed by atoms with Crippen LogP contribution in [0.5, 0.6) is 5.75 Å². The highest BCUT2D eigenvalue weighted by Gasteiger charge is 2.46. The summed E-state index contributed by atoms with van der Waals surface area (Å²) in [4.78, 5) is 26.2. The summed E-state index contributed by atoms with van der Waals surface area (Å²) in [5.41, 5.74) is 4.02. The Balaban J connectivity index is 0.00000137. The van der Waals surface area contributed by atoms with Gasteiger partial charge in [0.2, 0.25) is 5.95 Å². The smallest absolute Gasteiger partial charge is 0.387 e. The maximum Gasteiger partial charge on any atom is 0.387 e. The quantitative estimate of drug-likeness (QED) is 0.467. The van der Waals surface area contributed by atoms with Crippen LogP contribution in [0.2, 0.25) is 0 Å². The van der Waals surface area contributed by atoms with Gasteiger partial charge in [0.05, 0.1) is 19.3 Å². The highest BCUT2D eigenvalue weighted by molar-refractivity contribution is 6.00. The molecule has 2 atom stereocenters. The van der Waals surface area contributed by atoms with Gasteiger partial charge in [0, 0.05) is 49.1 Å². The van der Waals surface area contributed by atoms with Gasteiger partial charge in [-0.05, 0) is 41.3 Å². The number of ether oxygens (including phenoxy) is 2. The lowest BCUT2D eigenvalue weighted by Crippen LogP contribution is -2.37. The molecule has 2 saturated heterocycles. The molecule has 1 amide bonds. The summed E-state index contributed by atoms with van der Waals surface area (Å²) in [5, 5.41) is 0. The first kappa shape index (κ1) is 25.1. The minimum atomic E-state index is -2.90. The second kappa shape index (κ2) is 10.8. The maximum absolute atomic E-state index is 13.1. The molecule has 2 aromatic carbocycles. The van der Waals surface area contributed by atoms with Crippen molar-refractivity contribution in [3.05, 3.63) is 71.5 Å². The number of hydrogen-bond acceptors (Lipinski definition) is 6. The Hall–Kier alpha value is -3.59. The number of hydrogen-bond donors (Lipinski definition) is 0. The molecule has 2 fully saturated rings. The fourth-order valence-electron chi connectivity index (χ4n) is 5.45. The van der Waals surface area contributed by atoms with E-state index in [9.17, 15) is 13.6 Å². The molecular weight excluding hydrogens is 478 g/mol. The minimum absolute atomic E-state index is 0.0229. The van der Waals surface area contributed by atoms with Gasteiger partial charge in [-0.15, -0.1) is 0 Å². The van der Waals surface area contributed by atoms with Gasteiger partial charge in [0.25, 0.3) is 5.91 Å². The van der Waals surface area contributed by atoms with Gasteiger partial charge >= 0.3 is 6.61 Å². The number of morpholine rings is 1. The number of para-hydroxylation sites is 1. The van der Waals surface area contributed by atoms with Gasteiger partial charge in [-0.2, -0.15) is 8.78 Å². The van der Waals surface area contributed by atoms with E-state index >= 15 is 0 Å². The average Bonchev–Trinajstić information content (AvgIpc) is 3.50. The third kappa shape index (κ3) is 4.75. The second-order valence-corrected chi connectivity index (χ2v) is 8.93. The molecule has 0 spiro atoms. The number of anilines is 1. The van der Waals surface area contributed by atoms with Crippen molar-refractivity contribution in [3.63, 3.8) is 0 Å². The first-order valence-corrected chi connectivity index (χ1v) is 12.7. The van der Waals surface area contributed by atoms with E-state index in [1.54, 1.807) is 24.5 Å². The molecule has 3 aliphatic rings. The molecule has 9 heteroatoms. The highest BCUT2D eigenvalue weighted by atomic mass is 19.3. The molecule has 3 aromatic rings. The molecule has 0 radical (unpaired) electrons. The van der Waals surface area contributed by atoms with Crippen molar-refractivity contribution in [3.8, 4) is 16.9 Å². The molecule has 37 heavy (non-hydrogen) atoms. The van der Waals surface area contributed by atoms with Crippen molar-refractivity contribution in [1.29, 1.82) is 0 Å². The fourth-order valence-corrected chi connectivity index (χ4v) is 5.45. The normalized spacial score (nSPS) is 20.4. The lowest BCUT2D eigenvalue weighted by atomic mass is 9.86. The van der Waals surface area contributed by atoms with Crippen molar-refractivity contribution in [2.75, 3.05) is 37.7 Å². The zero-order valence-corrected chi connectivity index (χ0v) is 20.9. The largest absolute Gasteiger partial charge is 0.435 e. The summed E-state index contributed by atoms with van der Waals surface area (Å²) in [6.07, 6.45) is 4.28. The molecule has 6 rings (SSSR count). The summed E-state index contributed by atoms with van der Waals surface area (Å²) in [6, 6.07) is 12.4. The Labute approximate surface area is 215 Å². The lowest BCUT2D eigenvalue weighted by molar-refractivity contribution is -0.0507. The zero-order chi connectivity index (χ0) is 25.9. The second-order valence-electron chi connectivity index (χ2n) is 8.93. The van der Waals surface area contributed by atoms with Gasteiger partial charge in [0.1, 0.15) is 5.75 Å². The highest BCUT2D eigenvalue weighted by Crippen LogP contribution is 2.51. The van der Waals surface area contributed by atoms with Crippen LogP contribution < -0.4 is 9.64 Å². The summed E-state index contributed by atoms with van der Waals surface area (Å²) in [5.74, 6) is 0.681. The monoisotopic (exact) mass is 508 g/mol. The average molecular weight is 509 g/mol. The van der Waals surface area contributed by atoms with E-state index in [1.165, 1.54) is 0 Å². The molecule has 2 unspecified atom stereocenters. The van der Waals surface area contributed by atoms with E-state index < -0.39 is 6.61 Å². The summed E-state index contributed by atoms with van der Waals surface area (Å²) in [6.45, 7) is 4.51. The van der Waals surface area contributed by atoms with Crippen LogP contribution >= 0.6 is 0 Å². The molecule has 0 N–H and O–H groups in total. The van der Waals surface area contributed by atoms with Crippen LogP contribution in [0.4, 0.5) is 14.7 Å². The Morgan fingerprint density at radius 2 is 1.70 bits per heavy atom. The van der Waals surface area contributed by atoms with Crippen molar-refractivity contribution in [2.45, 2.75) is 38.8 Å². The van der Waals surface area contributed by atoms with Gasteiger partial charge in [-0.1, -0.05) is 38.1 Å². The number of rotatable bonds is 5. The molecule has 3 aliphatic heterocycles. The molecule has 0 bridgehead atoms. The molecule has 0 aliphatic carbocycles. The van der Waals surface area contributed by atoms with Crippen LogP contribution in [0.25, 0.3) is 11.1 Å². The maximum atomic E-state index is 13.1. The number of carbonyl (C=O) groups is 1.